The van der Waals surface area contributed by atoms with Crippen LogP contribution in [0, 0.1) is 0 Å². The number of piperidine rings is 2. The molecule has 2 aromatic rings. The zero-order chi connectivity index (χ0) is 23.1. The lowest BCUT2D eigenvalue weighted by Gasteiger charge is -2.28. The molecule has 1 amide bonds. The SMILES string of the molecule is O=C(CS(=O)(=O)Nc1ccc(N2CCCCC2)cc1)Nc1cccc(CN2CCCCC2)c1. The molecule has 178 valence electrons. The number of amides is 1. The van der Waals surface area contributed by atoms with Crippen molar-refractivity contribution in [3.63, 3.8) is 0 Å². The highest BCUT2D eigenvalue weighted by molar-refractivity contribution is 7.93. The number of nitrogens with zero attached hydrogens (tertiary/aromatic N) is 2. The number of likely N-dealkylation sites (tertiary alicyclic amines) is 1. The molecule has 2 heterocycles. The zero-order valence-electron chi connectivity index (χ0n) is 19.1. The minimum atomic E-state index is -3.81. The van der Waals surface area contributed by atoms with E-state index in [1.807, 2.05) is 30.3 Å². The zero-order valence-corrected chi connectivity index (χ0v) is 19.9. The molecular formula is C25H34N4O3S. The standard InChI is InChI=1S/C25H34N4O3S/c30-25(26-23-9-7-8-21(18-23)19-28-14-3-1-4-15-28)20-33(31,32)27-22-10-12-24(13-11-22)29-16-5-2-6-17-29/h7-13,18,27H,1-6,14-17,19-20H2,(H,26,30). The van der Waals surface area contributed by atoms with Gasteiger partial charge in [0.1, 0.15) is 5.75 Å². The Labute approximate surface area is 197 Å². The van der Waals surface area contributed by atoms with Crippen LogP contribution in [0.1, 0.15) is 44.1 Å². The number of carbonyl (C=O) groups is 1. The van der Waals surface area contributed by atoms with Gasteiger partial charge in [-0.2, -0.15) is 0 Å². The summed E-state index contributed by atoms with van der Waals surface area (Å²) >= 11 is 0. The van der Waals surface area contributed by atoms with Crippen LogP contribution in [0.2, 0.25) is 0 Å². The molecule has 0 unspecified atom stereocenters. The highest BCUT2D eigenvalue weighted by atomic mass is 32.2. The van der Waals surface area contributed by atoms with Gasteiger partial charge in [-0.1, -0.05) is 18.6 Å². The van der Waals surface area contributed by atoms with Gasteiger partial charge in [-0.05, 0) is 87.2 Å². The van der Waals surface area contributed by atoms with Crippen molar-refractivity contribution in [2.24, 2.45) is 0 Å². The van der Waals surface area contributed by atoms with E-state index in [4.69, 9.17) is 0 Å². The molecule has 0 radical (unpaired) electrons. The van der Waals surface area contributed by atoms with E-state index < -0.39 is 21.7 Å². The predicted octanol–water partition coefficient (Wildman–Crippen LogP) is 4.04. The van der Waals surface area contributed by atoms with Gasteiger partial charge >= 0.3 is 0 Å². The average molecular weight is 471 g/mol. The minimum Gasteiger partial charge on any atom is -0.372 e. The van der Waals surface area contributed by atoms with Gasteiger partial charge in [-0.3, -0.25) is 14.4 Å². The van der Waals surface area contributed by atoms with Crippen LogP contribution in [-0.2, 0) is 21.4 Å². The number of hydrogen-bond donors (Lipinski definition) is 2. The second-order valence-electron chi connectivity index (χ2n) is 9.04. The lowest BCUT2D eigenvalue weighted by Crippen LogP contribution is -2.29. The third-order valence-electron chi connectivity index (χ3n) is 6.25. The summed E-state index contributed by atoms with van der Waals surface area (Å²) in [6, 6.07) is 15.0. The van der Waals surface area contributed by atoms with Crippen LogP contribution in [0.5, 0.6) is 0 Å². The number of sulfonamides is 1. The maximum Gasteiger partial charge on any atom is 0.241 e. The molecule has 2 aliphatic heterocycles. The first-order valence-corrected chi connectivity index (χ1v) is 13.6. The number of hydrogen-bond acceptors (Lipinski definition) is 5. The van der Waals surface area contributed by atoms with E-state index in [1.54, 1.807) is 18.2 Å². The molecule has 0 aromatic heterocycles. The molecule has 8 heteroatoms. The van der Waals surface area contributed by atoms with E-state index in [0.717, 1.165) is 44.0 Å². The third kappa shape index (κ3) is 7.20. The fraction of sp³-hybridized carbons (Fsp3) is 0.480. The van der Waals surface area contributed by atoms with Crippen LogP contribution in [0.3, 0.4) is 0 Å². The lowest BCUT2D eigenvalue weighted by molar-refractivity contribution is -0.113. The van der Waals surface area contributed by atoms with Crippen LogP contribution in [0.4, 0.5) is 17.1 Å². The number of nitrogens with one attached hydrogen (secondary N) is 2. The summed E-state index contributed by atoms with van der Waals surface area (Å²) in [5, 5.41) is 2.73. The molecule has 4 rings (SSSR count). The van der Waals surface area contributed by atoms with Crippen LogP contribution < -0.4 is 14.9 Å². The molecule has 7 nitrogen and oxygen atoms in total. The highest BCUT2D eigenvalue weighted by Gasteiger charge is 2.18. The van der Waals surface area contributed by atoms with Crippen LogP contribution in [-0.4, -0.2) is 51.2 Å². The summed E-state index contributed by atoms with van der Waals surface area (Å²) in [7, 11) is -3.81. The van der Waals surface area contributed by atoms with Crippen molar-refractivity contribution in [2.45, 2.75) is 45.1 Å². The monoisotopic (exact) mass is 470 g/mol. The summed E-state index contributed by atoms with van der Waals surface area (Å²) in [4.78, 5) is 17.2. The Morgan fingerprint density at radius 3 is 2.18 bits per heavy atom. The van der Waals surface area contributed by atoms with E-state index in [0.29, 0.717) is 11.4 Å². The van der Waals surface area contributed by atoms with E-state index in [1.165, 1.54) is 38.5 Å². The Morgan fingerprint density at radius 2 is 1.48 bits per heavy atom. The van der Waals surface area contributed by atoms with E-state index in [9.17, 15) is 13.2 Å². The van der Waals surface area contributed by atoms with Gasteiger partial charge < -0.3 is 10.2 Å². The summed E-state index contributed by atoms with van der Waals surface area (Å²) in [6.07, 6.45) is 7.37. The summed E-state index contributed by atoms with van der Waals surface area (Å²) in [5.74, 6) is -1.18. The average Bonchev–Trinajstić information content (AvgIpc) is 2.80. The van der Waals surface area contributed by atoms with Gasteiger partial charge in [0.05, 0.1) is 0 Å². The van der Waals surface area contributed by atoms with Crippen molar-refractivity contribution in [1.82, 2.24) is 4.90 Å². The molecule has 2 aliphatic rings. The van der Waals surface area contributed by atoms with E-state index in [-0.39, 0.29) is 0 Å². The topological polar surface area (TPSA) is 81.8 Å². The molecule has 33 heavy (non-hydrogen) atoms. The van der Waals surface area contributed by atoms with Crippen LogP contribution >= 0.6 is 0 Å². The molecule has 0 bridgehead atoms. The molecule has 0 aliphatic carbocycles. The molecule has 2 saturated heterocycles. The third-order valence-corrected chi connectivity index (χ3v) is 7.44. The van der Waals surface area contributed by atoms with E-state index in [2.05, 4.69) is 19.8 Å². The number of benzene rings is 2. The molecule has 0 atom stereocenters. The first kappa shape index (κ1) is 23.6. The summed E-state index contributed by atoms with van der Waals surface area (Å²) < 4.78 is 27.6. The predicted molar refractivity (Wildman–Crippen MR) is 134 cm³/mol. The van der Waals surface area contributed by atoms with Gasteiger partial charge in [0.2, 0.25) is 15.9 Å². The van der Waals surface area contributed by atoms with Crippen LogP contribution in [0.25, 0.3) is 0 Å². The highest BCUT2D eigenvalue weighted by Crippen LogP contribution is 2.22. The minimum absolute atomic E-state index is 0.465. The maximum absolute atomic E-state index is 12.5. The van der Waals surface area contributed by atoms with Gasteiger partial charge in [0.25, 0.3) is 0 Å². The second kappa shape index (κ2) is 11.0. The van der Waals surface area contributed by atoms with Crippen LogP contribution in [0.15, 0.2) is 48.5 Å². The van der Waals surface area contributed by atoms with Gasteiger partial charge in [-0.15, -0.1) is 0 Å². The van der Waals surface area contributed by atoms with Crippen molar-refractivity contribution in [1.29, 1.82) is 0 Å². The molecule has 2 fully saturated rings. The Morgan fingerprint density at radius 1 is 0.818 bits per heavy atom. The molecule has 0 saturated carbocycles. The maximum atomic E-state index is 12.5. The van der Waals surface area contributed by atoms with E-state index >= 15 is 0 Å². The largest absolute Gasteiger partial charge is 0.372 e. The molecular weight excluding hydrogens is 436 g/mol. The fourth-order valence-electron chi connectivity index (χ4n) is 4.60. The molecule has 0 spiro atoms. The number of carbonyl (C=O) groups excluding carboxylic acids is 1. The summed E-state index contributed by atoms with van der Waals surface area (Å²) in [6.45, 7) is 5.10. The summed E-state index contributed by atoms with van der Waals surface area (Å²) in [5.41, 5.74) is 3.30. The van der Waals surface area contributed by atoms with Crippen molar-refractivity contribution < 1.29 is 13.2 Å². The number of anilines is 3. The Hall–Kier alpha value is -2.58. The van der Waals surface area contributed by atoms with Crippen molar-refractivity contribution in [3.8, 4) is 0 Å². The second-order valence-corrected chi connectivity index (χ2v) is 10.8. The van der Waals surface area contributed by atoms with Crippen molar-refractivity contribution >= 4 is 33.0 Å². The first-order chi connectivity index (χ1) is 16.0. The quantitative estimate of drug-likeness (QED) is 0.608. The molecule has 2 aromatic carbocycles. The fourth-order valence-corrected chi connectivity index (χ4v) is 5.59. The van der Waals surface area contributed by atoms with Crippen molar-refractivity contribution in [3.05, 3.63) is 54.1 Å². The normalized spacial score (nSPS) is 17.5. The van der Waals surface area contributed by atoms with Gasteiger partial charge in [0.15, 0.2) is 0 Å². The molecule has 2 N–H and O–H groups in total. The lowest BCUT2D eigenvalue weighted by atomic mass is 10.1. The Bertz CT molecular complexity index is 1030. The number of rotatable bonds is 8. The van der Waals surface area contributed by atoms with Gasteiger partial charge in [-0.25, -0.2) is 8.42 Å². The first-order valence-electron chi connectivity index (χ1n) is 11.9. The van der Waals surface area contributed by atoms with Crippen molar-refractivity contribution in [2.75, 3.05) is 46.9 Å². The Kier molecular flexibility index (Phi) is 7.88. The Balaban J connectivity index is 1.30. The smallest absolute Gasteiger partial charge is 0.241 e. The van der Waals surface area contributed by atoms with Gasteiger partial charge in [0, 0.05) is 36.7 Å².